The number of nitrogens with one attached hydrogen (secondary N) is 1. The molecule has 0 aliphatic heterocycles. The van der Waals surface area contributed by atoms with Crippen molar-refractivity contribution in [3.63, 3.8) is 0 Å². The van der Waals surface area contributed by atoms with E-state index in [1.807, 2.05) is 18.2 Å². The molecule has 2 aromatic heterocycles. The van der Waals surface area contributed by atoms with Crippen LogP contribution < -0.4 is 5.32 Å². The van der Waals surface area contributed by atoms with E-state index >= 15 is 0 Å². The van der Waals surface area contributed by atoms with Crippen LogP contribution in [0.4, 0.5) is 5.69 Å². The number of amides is 1. The lowest BCUT2D eigenvalue weighted by molar-refractivity contribution is -0.119. The highest BCUT2D eigenvalue weighted by atomic mass is 16.5. The standard InChI is InChI=1S/C30H21N3O4/c34-28(33-26-13-7-5-11-23(26)29(35)21-8-2-1-3-9-21)19-37-30(36)24-18-27(20-14-16-31-17-15-20)32-25-12-6-4-10-22(24)25/h1-18H,19H2,(H,33,34). The predicted octanol–water partition coefficient (Wildman–Crippen LogP) is 5.32. The molecule has 0 bridgehead atoms. The van der Waals surface area contributed by atoms with Gasteiger partial charge < -0.3 is 10.1 Å². The largest absolute Gasteiger partial charge is 0.452 e. The number of benzene rings is 3. The topological polar surface area (TPSA) is 98.2 Å². The SMILES string of the molecule is O=C(COC(=O)c1cc(-c2ccncc2)nc2ccccc12)Nc1ccccc1C(=O)c1ccccc1. The molecule has 180 valence electrons. The lowest BCUT2D eigenvalue weighted by Gasteiger charge is -2.12. The minimum Gasteiger partial charge on any atom is -0.452 e. The van der Waals surface area contributed by atoms with Crippen LogP contribution in [0.2, 0.25) is 0 Å². The first-order valence-electron chi connectivity index (χ1n) is 11.6. The van der Waals surface area contributed by atoms with Crippen LogP contribution in [0.15, 0.2) is 109 Å². The van der Waals surface area contributed by atoms with Gasteiger partial charge in [0, 0.05) is 34.5 Å². The van der Waals surface area contributed by atoms with E-state index in [4.69, 9.17) is 4.74 Å². The Morgan fingerprint density at radius 2 is 1.46 bits per heavy atom. The maximum Gasteiger partial charge on any atom is 0.339 e. The minimum atomic E-state index is -0.655. The molecule has 0 atom stereocenters. The van der Waals surface area contributed by atoms with E-state index < -0.39 is 18.5 Å². The number of carbonyl (C=O) groups excluding carboxylic acids is 3. The summed E-state index contributed by atoms with van der Waals surface area (Å²) in [5.41, 5.74) is 3.50. The number of para-hydroxylation sites is 2. The highest BCUT2D eigenvalue weighted by Gasteiger charge is 2.18. The Balaban J connectivity index is 1.33. The Morgan fingerprint density at radius 3 is 2.27 bits per heavy atom. The van der Waals surface area contributed by atoms with Crippen LogP contribution in [0.5, 0.6) is 0 Å². The third-order valence-electron chi connectivity index (χ3n) is 5.73. The molecule has 3 aromatic carbocycles. The molecule has 0 saturated heterocycles. The molecule has 0 spiro atoms. The Hall–Kier alpha value is -5.17. The molecule has 7 nitrogen and oxygen atoms in total. The van der Waals surface area contributed by atoms with Crippen LogP contribution in [0, 0.1) is 0 Å². The van der Waals surface area contributed by atoms with Crippen LogP contribution in [0.25, 0.3) is 22.2 Å². The smallest absolute Gasteiger partial charge is 0.339 e. The van der Waals surface area contributed by atoms with Gasteiger partial charge in [-0.05, 0) is 36.4 Å². The first-order valence-corrected chi connectivity index (χ1v) is 11.6. The zero-order valence-corrected chi connectivity index (χ0v) is 19.6. The normalized spacial score (nSPS) is 10.6. The number of esters is 1. The molecular weight excluding hydrogens is 466 g/mol. The number of anilines is 1. The molecule has 1 amide bonds. The van der Waals surface area contributed by atoms with Gasteiger partial charge in [0.15, 0.2) is 12.4 Å². The average molecular weight is 488 g/mol. The lowest BCUT2D eigenvalue weighted by Crippen LogP contribution is -2.22. The molecule has 0 unspecified atom stereocenters. The van der Waals surface area contributed by atoms with Gasteiger partial charge in [0.25, 0.3) is 5.91 Å². The van der Waals surface area contributed by atoms with Gasteiger partial charge >= 0.3 is 5.97 Å². The van der Waals surface area contributed by atoms with Crippen molar-refractivity contribution in [2.24, 2.45) is 0 Å². The van der Waals surface area contributed by atoms with Gasteiger partial charge in [0.1, 0.15) is 0 Å². The van der Waals surface area contributed by atoms with Crippen molar-refractivity contribution >= 4 is 34.3 Å². The lowest BCUT2D eigenvalue weighted by atomic mass is 10.0. The van der Waals surface area contributed by atoms with E-state index in [1.165, 1.54) is 0 Å². The van der Waals surface area contributed by atoms with E-state index in [9.17, 15) is 14.4 Å². The van der Waals surface area contributed by atoms with Crippen LogP contribution in [-0.2, 0) is 9.53 Å². The van der Waals surface area contributed by atoms with Gasteiger partial charge in [-0.15, -0.1) is 0 Å². The number of fused-ring (bicyclic) bond motifs is 1. The van der Waals surface area contributed by atoms with Gasteiger partial charge in [0.2, 0.25) is 0 Å². The number of hydrogen-bond donors (Lipinski definition) is 1. The molecule has 0 saturated carbocycles. The monoisotopic (exact) mass is 487 g/mol. The first-order chi connectivity index (χ1) is 18.1. The van der Waals surface area contributed by atoms with Crippen LogP contribution >= 0.6 is 0 Å². The van der Waals surface area contributed by atoms with E-state index in [2.05, 4.69) is 15.3 Å². The van der Waals surface area contributed by atoms with Crippen molar-refractivity contribution in [2.75, 3.05) is 11.9 Å². The third kappa shape index (κ3) is 5.26. The van der Waals surface area contributed by atoms with Crippen molar-refractivity contribution in [3.05, 3.63) is 126 Å². The highest BCUT2D eigenvalue weighted by molar-refractivity contribution is 6.14. The van der Waals surface area contributed by atoms with Crippen LogP contribution in [0.1, 0.15) is 26.3 Å². The van der Waals surface area contributed by atoms with Crippen LogP contribution in [0.3, 0.4) is 0 Å². The number of hydrogen-bond acceptors (Lipinski definition) is 6. The van der Waals surface area contributed by atoms with E-state index in [0.717, 1.165) is 5.56 Å². The molecular formula is C30H21N3O4. The number of nitrogens with zero attached hydrogens (tertiary/aromatic N) is 2. The molecule has 1 N–H and O–H groups in total. The Kier molecular flexibility index (Phi) is 6.76. The second-order valence-corrected chi connectivity index (χ2v) is 8.17. The van der Waals surface area contributed by atoms with Gasteiger partial charge in [0.05, 0.1) is 22.5 Å². The molecule has 5 aromatic rings. The fourth-order valence-electron chi connectivity index (χ4n) is 3.95. The molecule has 37 heavy (non-hydrogen) atoms. The predicted molar refractivity (Wildman–Crippen MR) is 140 cm³/mol. The first kappa shape index (κ1) is 23.6. The summed E-state index contributed by atoms with van der Waals surface area (Å²) >= 11 is 0. The minimum absolute atomic E-state index is 0.222. The van der Waals surface area contributed by atoms with Crippen LogP contribution in [-0.4, -0.2) is 34.2 Å². The molecule has 0 radical (unpaired) electrons. The summed E-state index contributed by atoms with van der Waals surface area (Å²) in [6, 6.07) is 28.0. The van der Waals surface area contributed by atoms with E-state index in [-0.39, 0.29) is 5.78 Å². The summed E-state index contributed by atoms with van der Waals surface area (Å²) in [4.78, 5) is 47.3. The Labute approximate surface area is 212 Å². The maximum absolute atomic E-state index is 13.1. The molecule has 7 heteroatoms. The molecule has 5 rings (SSSR count). The average Bonchev–Trinajstić information content (AvgIpc) is 2.96. The van der Waals surface area contributed by atoms with Gasteiger partial charge in [-0.2, -0.15) is 0 Å². The molecule has 0 aliphatic carbocycles. The summed E-state index contributed by atoms with van der Waals surface area (Å²) < 4.78 is 5.37. The molecule has 2 heterocycles. The van der Waals surface area contributed by atoms with Crippen molar-refractivity contribution < 1.29 is 19.1 Å². The summed E-state index contributed by atoms with van der Waals surface area (Å²) in [7, 11) is 0. The zero-order chi connectivity index (χ0) is 25.6. The molecule has 0 aliphatic rings. The maximum atomic E-state index is 13.1. The summed E-state index contributed by atoms with van der Waals surface area (Å²) in [6.45, 7) is -0.520. The second-order valence-electron chi connectivity index (χ2n) is 8.17. The van der Waals surface area contributed by atoms with Gasteiger partial charge in [-0.25, -0.2) is 9.78 Å². The summed E-state index contributed by atoms with van der Waals surface area (Å²) in [6.07, 6.45) is 3.30. The number of carbonyl (C=O) groups is 3. The van der Waals surface area contributed by atoms with Gasteiger partial charge in [-0.1, -0.05) is 60.7 Å². The summed E-state index contributed by atoms with van der Waals surface area (Å²) in [5, 5.41) is 3.30. The van der Waals surface area contributed by atoms with Crippen molar-refractivity contribution in [1.82, 2.24) is 9.97 Å². The number of aromatic nitrogens is 2. The Morgan fingerprint density at radius 1 is 0.757 bits per heavy atom. The number of rotatable bonds is 7. The quantitative estimate of drug-likeness (QED) is 0.246. The number of ether oxygens (including phenoxy) is 1. The third-order valence-corrected chi connectivity index (χ3v) is 5.73. The summed E-state index contributed by atoms with van der Waals surface area (Å²) in [5.74, 6) is -1.44. The van der Waals surface area contributed by atoms with E-state index in [1.54, 1.807) is 91.3 Å². The van der Waals surface area contributed by atoms with Crippen molar-refractivity contribution in [1.29, 1.82) is 0 Å². The second kappa shape index (κ2) is 10.6. The zero-order valence-electron chi connectivity index (χ0n) is 19.6. The number of ketones is 1. The van der Waals surface area contributed by atoms with Gasteiger partial charge in [-0.3, -0.25) is 14.6 Å². The van der Waals surface area contributed by atoms with Crippen molar-refractivity contribution in [2.45, 2.75) is 0 Å². The molecule has 0 fully saturated rings. The fraction of sp³-hybridized carbons (Fsp3) is 0.0333. The Bertz CT molecular complexity index is 1600. The highest BCUT2D eigenvalue weighted by Crippen LogP contribution is 2.25. The van der Waals surface area contributed by atoms with E-state index in [0.29, 0.717) is 39.0 Å². The van der Waals surface area contributed by atoms with Crippen molar-refractivity contribution in [3.8, 4) is 11.3 Å². The fourth-order valence-corrected chi connectivity index (χ4v) is 3.95. The number of pyridine rings is 2.